The zero-order valence-electron chi connectivity index (χ0n) is 19.2. The summed E-state index contributed by atoms with van der Waals surface area (Å²) in [6, 6.07) is 10.8. The lowest BCUT2D eigenvalue weighted by Crippen LogP contribution is -2.49. The average Bonchev–Trinajstić information content (AvgIpc) is 3.36. The monoisotopic (exact) mass is 531 g/mol. The van der Waals surface area contributed by atoms with Crippen LogP contribution in [0.4, 0.5) is 11.4 Å². The number of thioether (sulfide) groups is 1. The van der Waals surface area contributed by atoms with Crippen LogP contribution in [-0.4, -0.2) is 61.6 Å². The summed E-state index contributed by atoms with van der Waals surface area (Å²) in [6.45, 7) is 0.425. The van der Waals surface area contributed by atoms with Gasteiger partial charge in [-0.1, -0.05) is 23.4 Å². The zero-order chi connectivity index (χ0) is 25.8. The van der Waals surface area contributed by atoms with Crippen molar-refractivity contribution < 1.29 is 28.7 Å². The number of esters is 2. The predicted molar refractivity (Wildman–Crippen MR) is 135 cm³/mol. The van der Waals surface area contributed by atoms with E-state index in [1.54, 1.807) is 24.3 Å². The topological polar surface area (TPSA) is 138 Å². The number of carbonyl (C=O) groups is 4. The van der Waals surface area contributed by atoms with Gasteiger partial charge in [0.1, 0.15) is 6.17 Å². The maximum Gasteiger partial charge on any atom is 0.337 e. The maximum absolute atomic E-state index is 13.2. The first-order valence-corrected chi connectivity index (χ1v) is 12.1. The third kappa shape index (κ3) is 5.51. The molecule has 0 aliphatic carbocycles. The molecule has 1 saturated heterocycles. The van der Waals surface area contributed by atoms with E-state index in [4.69, 9.17) is 21.1 Å². The molecule has 13 heteroatoms. The van der Waals surface area contributed by atoms with Crippen LogP contribution in [-0.2, 0) is 19.1 Å². The summed E-state index contributed by atoms with van der Waals surface area (Å²) in [5.41, 5.74) is 6.84. The molecule has 11 nitrogen and oxygen atoms in total. The van der Waals surface area contributed by atoms with Crippen LogP contribution in [0.3, 0.4) is 0 Å². The van der Waals surface area contributed by atoms with E-state index in [-0.39, 0.29) is 28.5 Å². The summed E-state index contributed by atoms with van der Waals surface area (Å²) < 4.78 is 9.43. The smallest absolute Gasteiger partial charge is 0.337 e. The number of anilines is 2. The van der Waals surface area contributed by atoms with Crippen LogP contribution in [0.1, 0.15) is 20.7 Å². The molecule has 1 fully saturated rings. The lowest BCUT2D eigenvalue weighted by molar-refractivity contribution is -0.121. The number of rotatable bonds is 6. The van der Waals surface area contributed by atoms with Crippen molar-refractivity contribution in [2.24, 2.45) is 10.9 Å². The van der Waals surface area contributed by atoms with E-state index in [9.17, 15) is 19.2 Å². The molecule has 0 radical (unpaired) electrons. The number of methoxy groups -OCH3 is 2. The lowest BCUT2D eigenvalue weighted by atomic mass is 10.0. The number of halogens is 1. The molecule has 2 unspecified atom stereocenters. The molecule has 36 heavy (non-hydrogen) atoms. The Bertz CT molecular complexity index is 1200. The van der Waals surface area contributed by atoms with Crippen LogP contribution in [0.5, 0.6) is 0 Å². The maximum atomic E-state index is 13.2. The molecular formula is C23H22ClN5O6S. The molecule has 188 valence electrons. The molecule has 2 atom stereocenters. The van der Waals surface area contributed by atoms with Gasteiger partial charge in [-0.3, -0.25) is 19.9 Å². The van der Waals surface area contributed by atoms with Crippen molar-refractivity contribution >= 4 is 63.7 Å². The number of ether oxygens (including phenoxy) is 2. The quantitative estimate of drug-likeness (QED) is 0.478. The second-order valence-corrected chi connectivity index (χ2v) is 9.14. The van der Waals surface area contributed by atoms with Crippen molar-refractivity contribution in [3.8, 4) is 0 Å². The third-order valence-corrected chi connectivity index (χ3v) is 6.61. The largest absolute Gasteiger partial charge is 0.465 e. The molecule has 2 heterocycles. The number of hydrazine groups is 1. The molecule has 2 aliphatic heterocycles. The number of benzene rings is 2. The van der Waals surface area contributed by atoms with Gasteiger partial charge in [-0.05, 0) is 42.5 Å². The molecule has 2 aromatic carbocycles. The lowest BCUT2D eigenvalue weighted by Gasteiger charge is -2.32. The van der Waals surface area contributed by atoms with Gasteiger partial charge in [0.25, 0.3) is 0 Å². The zero-order valence-corrected chi connectivity index (χ0v) is 20.8. The summed E-state index contributed by atoms with van der Waals surface area (Å²) in [5.74, 6) is -2.44. The van der Waals surface area contributed by atoms with Crippen LogP contribution in [0.25, 0.3) is 0 Å². The van der Waals surface area contributed by atoms with Crippen molar-refractivity contribution in [2.75, 3.05) is 36.7 Å². The van der Waals surface area contributed by atoms with E-state index >= 15 is 0 Å². The minimum atomic E-state index is -0.675. The second kappa shape index (κ2) is 11.1. The Morgan fingerprint density at radius 3 is 2.36 bits per heavy atom. The molecule has 2 aromatic rings. The number of nitrogens with zero attached hydrogens (tertiary/aromatic N) is 2. The first-order valence-electron chi connectivity index (χ1n) is 10.7. The summed E-state index contributed by atoms with van der Waals surface area (Å²) in [5, 5.41) is 3.53. The molecule has 0 saturated carbocycles. The van der Waals surface area contributed by atoms with Crippen molar-refractivity contribution in [2.45, 2.75) is 6.17 Å². The Morgan fingerprint density at radius 2 is 1.75 bits per heavy atom. The van der Waals surface area contributed by atoms with Gasteiger partial charge in [0.15, 0.2) is 5.17 Å². The number of fused-ring (bicyclic) bond motifs is 1. The van der Waals surface area contributed by atoms with Crippen molar-refractivity contribution in [3.05, 3.63) is 58.6 Å². The van der Waals surface area contributed by atoms with Crippen LogP contribution in [0, 0.1) is 5.92 Å². The van der Waals surface area contributed by atoms with E-state index in [0.29, 0.717) is 22.4 Å². The van der Waals surface area contributed by atoms with E-state index < -0.39 is 29.9 Å². The summed E-state index contributed by atoms with van der Waals surface area (Å²) in [4.78, 5) is 56.1. The number of amidine groups is 1. The highest BCUT2D eigenvalue weighted by molar-refractivity contribution is 8.14. The van der Waals surface area contributed by atoms with Crippen molar-refractivity contribution in [1.29, 1.82) is 0 Å². The first-order chi connectivity index (χ1) is 17.3. The first kappa shape index (κ1) is 25.6. The highest BCUT2D eigenvalue weighted by Gasteiger charge is 2.42. The van der Waals surface area contributed by atoms with Crippen molar-refractivity contribution in [1.82, 2.24) is 10.9 Å². The fraction of sp³-hybridized carbons (Fsp3) is 0.261. The van der Waals surface area contributed by atoms with Crippen molar-refractivity contribution in [3.63, 3.8) is 0 Å². The van der Waals surface area contributed by atoms with Gasteiger partial charge < -0.3 is 14.8 Å². The summed E-state index contributed by atoms with van der Waals surface area (Å²) in [7, 11) is 2.42. The molecular weight excluding hydrogens is 510 g/mol. The predicted octanol–water partition coefficient (Wildman–Crippen LogP) is 2.04. The Kier molecular flexibility index (Phi) is 7.89. The van der Waals surface area contributed by atoms with Gasteiger partial charge in [-0.15, -0.1) is 0 Å². The van der Waals surface area contributed by atoms with Gasteiger partial charge in [0.05, 0.1) is 42.7 Å². The number of hydrogen-bond donors (Lipinski definition) is 3. The van der Waals surface area contributed by atoms with Crippen LogP contribution in [0.2, 0.25) is 5.02 Å². The summed E-state index contributed by atoms with van der Waals surface area (Å²) in [6.07, 6.45) is -0.453. The molecule has 0 spiro atoms. The number of amides is 2. The number of nitrogens with one attached hydrogen (secondary N) is 3. The van der Waals surface area contributed by atoms with E-state index in [1.807, 2.05) is 0 Å². The number of carbonyl (C=O) groups excluding carboxylic acids is 4. The fourth-order valence-electron chi connectivity index (χ4n) is 3.70. The average molecular weight is 532 g/mol. The Morgan fingerprint density at radius 1 is 1.11 bits per heavy atom. The molecule has 0 aromatic heterocycles. The van der Waals surface area contributed by atoms with Crippen LogP contribution in [0.15, 0.2) is 47.5 Å². The third-order valence-electron chi connectivity index (χ3n) is 5.41. The summed E-state index contributed by atoms with van der Waals surface area (Å²) >= 11 is 7.08. The Hall–Kier alpha value is -3.45. The Labute approximate surface area is 215 Å². The van der Waals surface area contributed by atoms with Crippen LogP contribution < -0.4 is 21.1 Å². The van der Waals surface area contributed by atoms with E-state index in [2.05, 4.69) is 21.2 Å². The second-order valence-electron chi connectivity index (χ2n) is 7.76. The van der Waals surface area contributed by atoms with Gasteiger partial charge in [-0.2, -0.15) is 0 Å². The number of aliphatic imine (C=N–C) groups is 1. The Balaban J connectivity index is 1.52. The SMILES string of the molecule is COC(=O)c1cc(NC(=O)CSC2=NC3NNCC3C(=O)N2c2ccc(Cl)cc2)cc(C(=O)OC)c1. The molecule has 2 amide bonds. The van der Waals surface area contributed by atoms with Gasteiger partial charge in [0.2, 0.25) is 11.8 Å². The molecule has 0 bridgehead atoms. The minimum Gasteiger partial charge on any atom is -0.465 e. The minimum absolute atomic E-state index is 0.0744. The van der Waals surface area contributed by atoms with E-state index in [1.165, 1.54) is 37.3 Å². The molecule has 2 aliphatic rings. The highest BCUT2D eigenvalue weighted by Crippen LogP contribution is 2.30. The standard InChI is InChI=1S/C23H22ClN5O6S/c1-34-21(32)12-7-13(22(33)35-2)9-15(8-12)26-18(30)11-36-23-27-19-17(10-25-28-19)20(31)29(23)16-5-3-14(24)4-6-16/h3-9,17,19,25,28H,10-11H2,1-2H3,(H,26,30). The molecule has 3 N–H and O–H groups in total. The number of hydrogen-bond acceptors (Lipinski definition) is 10. The highest BCUT2D eigenvalue weighted by atomic mass is 35.5. The normalized spacial score (nSPS) is 18.8. The van der Waals surface area contributed by atoms with Crippen LogP contribution >= 0.6 is 23.4 Å². The van der Waals surface area contributed by atoms with Gasteiger partial charge in [0, 0.05) is 17.3 Å². The van der Waals surface area contributed by atoms with Gasteiger partial charge in [-0.25, -0.2) is 20.0 Å². The fourth-order valence-corrected chi connectivity index (χ4v) is 4.67. The molecule has 4 rings (SSSR count). The van der Waals surface area contributed by atoms with E-state index in [0.717, 1.165) is 11.8 Å². The van der Waals surface area contributed by atoms with Gasteiger partial charge >= 0.3 is 11.9 Å².